The minimum Gasteiger partial charge on any atom is -0.496 e. The van der Waals surface area contributed by atoms with Crippen molar-refractivity contribution in [2.24, 2.45) is 5.73 Å². The molecule has 0 aliphatic rings. The van der Waals surface area contributed by atoms with Crippen molar-refractivity contribution < 1.29 is 9.47 Å². The Balaban J connectivity index is 2.27. The molecule has 1 heterocycles. The van der Waals surface area contributed by atoms with Crippen LogP contribution in [0.2, 0.25) is 0 Å². The monoisotopic (exact) mass is 263 g/mol. The van der Waals surface area contributed by atoms with Crippen LogP contribution >= 0.6 is 11.3 Å². The Bertz CT molecular complexity index is 536. The van der Waals surface area contributed by atoms with Gasteiger partial charge in [0.25, 0.3) is 0 Å². The first-order valence-electron chi connectivity index (χ1n) is 5.68. The molecule has 1 aromatic heterocycles. The summed E-state index contributed by atoms with van der Waals surface area (Å²) in [4.78, 5) is 1.09. The lowest BCUT2D eigenvalue weighted by molar-refractivity contribution is 0.411. The lowest BCUT2D eigenvalue weighted by Gasteiger charge is -2.12. The van der Waals surface area contributed by atoms with E-state index in [0.717, 1.165) is 27.5 Å². The largest absolute Gasteiger partial charge is 0.496 e. The van der Waals surface area contributed by atoms with Gasteiger partial charge in [-0.1, -0.05) is 12.1 Å². The third kappa shape index (κ3) is 2.49. The third-order valence-corrected chi connectivity index (χ3v) is 3.91. The Morgan fingerprint density at radius 1 is 1.17 bits per heavy atom. The summed E-state index contributed by atoms with van der Waals surface area (Å²) in [5, 5.41) is 1.96. The SMILES string of the molecule is COc1csc(C(N)c2ccc(OC)c(C)c2)c1. The van der Waals surface area contributed by atoms with Crippen molar-refractivity contribution in [3.8, 4) is 11.5 Å². The van der Waals surface area contributed by atoms with Gasteiger partial charge in [-0.2, -0.15) is 0 Å². The highest BCUT2D eigenvalue weighted by atomic mass is 32.1. The maximum absolute atomic E-state index is 6.26. The van der Waals surface area contributed by atoms with Gasteiger partial charge in [0, 0.05) is 10.3 Å². The Kier molecular flexibility index (Phi) is 3.89. The second-order valence-electron chi connectivity index (χ2n) is 4.10. The van der Waals surface area contributed by atoms with Crippen LogP contribution in [0.25, 0.3) is 0 Å². The van der Waals surface area contributed by atoms with Crippen molar-refractivity contribution >= 4 is 11.3 Å². The Morgan fingerprint density at radius 2 is 1.94 bits per heavy atom. The van der Waals surface area contributed by atoms with Crippen LogP contribution in [0.4, 0.5) is 0 Å². The fraction of sp³-hybridized carbons (Fsp3) is 0.286. The fourth-order valence-corrected chi connectivity index (χ4v) is 2.75. The first kappa shape index (κ1) is 12.9. The molecule has 96 valence electrons. The van der Waals surface area contributed by atoms with E-state index in [1.807, 2.05) is 30.5 Å². The van der Waals surface area contributed by atoms with Crippen LogP contribution in [0.1, 0.15) is 22.0 Å². The van der Waals surface area contributed by atoms with Gasteiger partial charge in [0.15, 0.2) is 0 Å². The van der Waals surface area contributed by atoms with E-state index in [4.69, 9.17) is 15.2 Å². The maximum atomic E-state index is 6.26. The molecule has 1 unspecified atom stereocenters. The van der Waals surface area contributed by atoms with Crippen LogP contribution in [0.5, 0.6) is 11.5 Å². The minimum absolute atomic E-state index is 0.122. The molecular weight excluding hydrogens is 246 g/mol. The molecule has 0 saturated heterocycles. The zero-order valence-electron chi connectivity index (χ0n) is 10.8. The molecule has 0 aliphatic carbocycles. The molecule has 18 heavy (non-hydrogen) atoms. The number of hydrogen-bond donors (Lipinski definition) is 1. The number of hydrogen-bond acceptors (Lipinski definition) is 4. The van der Waals surface area contributed by atoms with Gasteiger partial charge in [-0.15, -0.1) is 11.3 Å². The van der Waals surface area contributed by atoms with Crippen molar-refractivity contribution in [2.75, 3.05) is 14.2 Å². The highest BCUT2D eigenvalue weighted by Gasteiger charge is 2.13. The van der Waals surface area contributed by atoms with Crippen LogP contribution in [-0.2, 0) is 0 Å². The quantitative estimate of drug-likeness (QED) is 0.921. The van der Waals surface area contributed by atoms with Crippen LogP contribution in [0.15, 0.2) is 29.6 Å². The van der Waals surface area contributed by atoms with Crippen molar-refractivity contribution in [1.82, 2.24) is 0 Å². The van der Waals surface area contributed by atoms with Crippen LogP contribution in [0, 0.1) is 6.92 Å². The molecule has 2 rings (SSSR count). The molecular formula is C14H17NO2S. The number of methoxy groups -OCH3 is 2. The van der Waals surface area contributed by atoms with Crippen LogP contribution in [-0.4, -0.2) is 14.2 Å². The van der Waals surface area contributed by atoms with E-state index in [2.05, 4.69) is 6.07 Å². The topological polar surface area (TPSA) is 44.5 Å². The van der Waals surface area contributed by atoms with E-state index in [1.165, 1.54) is 0 Å². The molecule has 1 atom stereocenters. The highest BCUT2D eigenvalue weighted by Crippen LogP contribution is 2.31. The van der Waals surface area contributed by atoms with E-state index in [0.29, 0.717) is 0 Å². The molecule has 0 bridgehead atoms. The first-order valence-corrected chi connectivity index (χ1v) is 6.56. The summed E-state index contributed by atoms with van der Waals surface area (Å²) >= 11 is 1.61. The molecule has 0 saturated carbocycles. The molecule has 1 aromatic carbocycles. The average Bonchev–Trinajstić information content (AvgIpc) is 2.86. The van der Waals surface area contributed by atoms with Crippen molar-refractivity contribution in [3.63, 3.8) is 0 Å². The molecule has 4 heteroatoms. The normalized spacial score (nSPS) is 12.2. The summed E-state index contributed by atoms with van der Waals surface area (Å²) in [6, 6.07) is 7.88. The fourth-order valence-electron chi connectivity index (χ4n) is 1.86. The minimum atomic E-state index is -0.122. The van der Waals surface area contributed by atoms with E-state index < -0.39 is 0 Å². The molecule has 2 aromatic rings. The smallest absolute Gasteiger partial charge is 0.129 e. The summed E-state index contributed by atoms with van der Waals surface area (Å²) < 4.78 is 10.4. The Labute approximate surface area is 111 Å². The number of thiophene rings is 1. The summed E-state index contributed by atoms with van der Waals surface area (Å²) in [7, 11) is 3.33. The lowest BCUT2D eigenvalue weighted by Crippen LogP contribution is -2.10. The summed E-state index contributed by atoms with van der Waals surface area (Å²) in [6.45, 7) is 2.02. The third-order valence-electron chi connectivity index (χ3n) is 2.92. The van der Waals surface area contributed by atoms with E-state index >= 15 is 0 Å². The van der Waals surface area contributed by atoms with Gasteiger partial charge < -0.3 is 15.2 Å². The van der Waals surface area contributed by atoms with Gasteiger partial charge in [-0.3, -0.25) is 0 Å². The molecule has 0 fully saturated rings. The molecule has 0 spiro atoms. The molecule has 0 amide bonds. The zero-order valence-corrected chi connectivity index (χ0v) is 11.6. The van der Waals surface area contributed by atoms with Gasteiger partial charge in [0.2, 0.25) is 0 Å². The number of aryl methyl sites for hydroxylation is 1. The van der Waals surface area contributed by atoms with Crippen molar-refractivity contribution in [2.45, 2.75) is 13.0 Å². The summed E-state index contributed by atoms with van der Waals surface area (Å²) in [5.74, 6) is 1.74. The van der Waals surface area contributed by atoms with Gasteiger partial charge >= 0.3 is 0 Å². The standard InChI is InChI=1S/C14H17NO2S/c1-9-6-10(4-5-12(9)17-3)14(15)13-7-11(16-2)8-18-13/h4-8,14H,15H2,1-3H3. The maximum Gasteiger partial charge on any atom is 0.129 e. The van der Waals surface area contributed by atoms with E-state index in [-0.39, 0.29) is 6.04 Å². The van der Waals surface area contributed by atoms with Crippen molar-refractivity contribution in [3.05, 3.63) is 45.6 Å². The van der Waals surface area contributed by atoms with E-state index in [1.54, 1.807) is 25.6 Å². The van der Waals surface area contributed by atoms with Gasteiger partial charge in [-0.05, 0) is 30.2 Å². The molecule has 0 radical (unpaired) electrons. The predicted molar refractivity (Wildman–Crippen MR) is 74.6 cm³/mol. The van der Waals surface area contributed by atoms with Crippen LogP contribution < -0.4 is 15.2 Å². The number of rotatable bonds is 4. The van der Waals surface area contributed by atoms with Gasteiger partial charge in [0.05, 0.1) is 20.3 Å². The highest BCUT2D eigenvalue weighted by molar-refractivity contribution is 7.10. The molecule has 2 N–H and O–H groups in total. The van der Waals surface area contributed by atoms with Crippen LogP contribution in [0.3, 0.4) is 0 Å². The number of benzene rings is 1. The second kappa shape index (κ2) is 5.42. The molecule has 3 nitrogen and oxygen atoms in total. The van der Waals surface area contributed by atoms with Gasteiger partial charge in [0.1, 0.15) is 11.5 Å². The number of ether oxygens (including phenoxy) is 2. The average molecular weight is 263 g/mol. The number of nitrogens with two attached hydrogens (primary N) is 1. The van der Waals surface area contributed by atoms with Crippen molar-refractivity contribution in [1.29, 1.82) is 0 Å². The predicted octanol–water partition coefficient (Wildman–Crippen LogP) is 3.12. The van der Waals surface area contributed by atoms with Gasteiger partial charge in [-0.25, -0.2) is 0 Å². The second-order valence-corrected chi connectivity index (χ2v) is 5.04. The first-order chi connectivity index (χ1) is 8.65. The summed E-state index contributed by atoms with van der Waals surface area (Å²) in [6.07, 6.45) is 0. The Hall–Kier alpha value is -1.52. The zero-order chi connectivity index (χ0) is 13.1. The molecule has 0 aliphatic heterocycles. The lowest BCUT2D eigenvalue weighted by atomic mass is 10.0. The Morgan fingerprint density at radius 3 is 2.50 bits per heavy atom. The summed E-state index contributed by atoms with van der Waals surface area (Å²) in [5.41, 5.74) is 8.43. The van der Waals surface area contributed by atoms with E-state index in [9.17, 15) is 0 Å².